The number of amides is 3. The molecule has 1 unspecified atom stereocenters. The molecule has 29 heavy (non-hydrogen) atoms. The maximum Gasteiger partial charge on any atom is 0.274 e. The topological polar surface area (TPSA) is 116 Å². The maximum absolute atomic E-state index is 12.9. The fraction of sp³-hybridized carbons (Fsp3) is 0.526. The number of likely N-dealkylation sites (tertiary alicyclic amines) is 1. The zero-order valence-corrected chi connectivity index (χ0v) is 16.4. The van der Waals surface area contributed by atoms with Crippen LogP contribution in [0.4, 0.5) is 0 Å². The number of hydrogen-bond acceptors (Lipinski definition) is 5. The molecule has 1 saturated heterocycles. The Hall–Kier alpha value is -3.17. The van der Waals surface area contributed by atoms with Crippen molar-refractivity contribution < 1.29 is 14.4 Å². The average Bonchev–Trinajstić information content (AvgIpc) is 3.46. The minimum atomic E-state index is -0.0868. The molecule has 4 heterocycles. The Labute approximate surface area is 168 Å². The van der Waals surface area contributed by atoms with Crippen LogP contribution < -0.4 is 5.32 Å². The van der Waals surface area contributed by atoms with E-state index < -0.39 is 0 Å². The lowest BCUT2D eigenvalue weighted by atomic mass is 10.0. The number of imidazole rings is 1. The summed E-state index contributed by atoms with van der Waals surface area (Å²) in [6, 6.07) is 0. The summed E-state index contributed by atoms with van der Waals surface area (Å²) >= 11 is 0. The molecule has 2 aliphatic heterocycles. The van der Waals surface area contributed by atoms with Gasteiger partial charge in [0.05, 0.1) is 11.8 Å². The third-order valence-corrected chi connectivity index (χ3v) is 5.65. The van der Waals surface area contributed by atoms with Gasteiger partial charge in [0.2, 0.25) is 5.91 Å². The average molecular weight is 399 g/mol. The first-order chi connectivity index (χ1) is 14.0. The van der Waals surface area contributed by atoms with Crippen molar-refractivity contribution >= 4 is 17.7 Å². The molecule has 2 aromatic heterocycles. The zero-order chi connectivity index (χ0) is 20.4. The Morgan fingerprint density at radius 1 is 1.17 bits per heavy atom. The predicted molar refractivity (Wildman–Crippen MR) is 103 cm³/mol. The molecule has 4 rings (SSSR count). The standard InChI is InChI=1S/C19H25N7O3/c1-20-17(27)8-13-2-4-26(11-13)19(29)15-12-25-7-6-24(5-3-16(25)23-15)18(28)14-9-21-22-10-14/h9-10,12-13H,2-8,11H2,1H3,(H,20,27)(H,21,22). The van der Waals surface area contributed by atoms with E-state index in [9.17, 15) is 14.4 Å². The fourth-order valence-electron chi connectivity index (χ4n) is 3.99. The molecular weight excluding hydrogens is 374 g/mol. The van der Waals surface area contributed by atoms with Crippen molar-refractivity contribution in [3.63, 3.8) is 0 Å². The second kappa shape index (κ2) is 8.06. The lowest BCUT2D eigenvalue weighted by Gasteiger charge is -2.19. The Balaban J connectivity index is 1.37. The van der Waals surface area contributed by atoms with Crippen molar-refractivity contribution in [1.29, 1.82) is 0 Å². The molecule has 0 aliphatic carbocycles. The largest absolute Gasteiger partial charge is 0.359 e. The van der Waals surface area contributed by atoms with Gasteiger partial charge in [-0.2, -0.15) is 5.10 Å². The van der Waals surface area contributed by atoms with E-state index in [-0.39, 0.29) is 23.6 Å². The van der Waals surface area contributed by atoms with E-state index in [1.54, 1.807) is 29.2 Å². The van der Waals surface area contributed by atoms with Crippen LogP contribution in [-0.2, 0) is 17.8 Å². The Morgan fingerprint density at radius 3 is 2.79 bits per heavy atom. The van der Waals surface area contributed by atoms with E-state index in [0.29, 0.717) is 56.8 Å². The number of carbonyl (C=O) groups is 3. The molecule has 0 bridgehead atoms. The number of rotatable bonds is 4. The van der Waals surface area contributed by atoms with Crippen LogP contribution in [0.25, 0.3) is 0 Å². The highest BCUT2D eigenvalue weighted by Crippen LogP contribution is 2.22. The van der Waals surface area contributed by atoms with Gasteiger partial charge in [0.25, 0.3) is 11.8 Å². The Morgan fingerprint density at radius 2 is 2.03 bits per heavy atom. The van der Waals surface area contributed by atoms with Crippen molar-refractivity contribution in [2.45, 2.75) is 25.8 Å². The normalized spacial score (nSPS) is 19.0. The van der Waals surface area contributed by atoms with Crippen LogP contribution in [0, 0.1) is 5.92 Å². The number of aromatic amines is 1. The quantitative estimate of drug-likeness (QED) is 0.745. The van der Waals surface area contributed by atoms with Gasteiger partial charge >= 0.3 is 0 Å². The molecule has 0 spiro atoms. The van der Waals surface area contributed by atoms with E-state index in [1.165, 1.54) is 6.20 Å². The van der Waals surface area contributed by atoms with Gasteiger partial charge in [-0.15, -0.1) is 0 Å². The molecular formula is C19H25N7O3. The Kier molecular flexibility index (Phi) is 5.32. The van der Waals surface area contributed by atoms with E-state index in [2.05, 4.69) is 20.5 Å². The molecule has 2 aliphatic rings. The van der Waals surface area contributed by atoms with Gasteiger partial charge in [-0.3, -0.25) is 19.5 Å². The molecule has 2 aromatic rings. The van der Waals surface area contributed by atoms with Gasteiger partial charge in [-0.25, -0.2) is 4.98 Å². The van der Waals surface area contributed by atoms with Crippen LogP contribution in [0.1, 0.15) is 39.5 Å². The van der Waals surface area contributed by atoms with Gasteiger partial charge in [0.15, 0.2) is 0 Å². The molecule has 1 fully saturated rings. The minimum absolute atomic E-state index is 0.00697. The van der Waals surface area contributed by atoms with Crippen molar-refractivity contribution in [1.82, 2.24) is 34.9 Å². The molecule has 2 N–H and O–H groups in total. The van der Waals surface area contributed by atoms with Gasteiger partial charge in [0, 0.05) is 65.0 Å². The molecule has 10 heteroatoms. The van der Waals surface area contributed by atoms with Crippen molar-refractivity contribution in [3.05, 3.63) is 35.7 Å². The van der Waals surface area contributed by atoms with Crippen molar-refractivity contribution in [2.75, 3.05) is 33.2 Å². The highest BCUT2D eigenvalue weighted by Gasteiger charge is 2.30. The van der Waals surface area contributed by atoms with Crippen LogP contribution in [0.15, 0.2) is 18.6 Å². The van der Waals surface area contributed by atoms with Crippen LogP contribution in [0.2, 0.25) is 0 Å². The predicted octanol–water partition coefficient (Wildman–Crippen LogP) is -0.0971. The molecule has 10 nitrogen and oxygen atoms in total. The van der Waals surface area contributed by atoms with Crippen molar-refractivity contribution in [2.24, 2.45) is 5.92 Å². The van der Waals surface area contributed by atoms with Gasteiger partial charge < -0.3 is 19.7 Å². The van der Waals surface area contributed by atoms with E-state index in [1.807, 2.05) is 4.57 Å². The fourth-order valence-corrected chi connectivity index (χ4v) is 3.99. The lowest BCUT2D eigenvalue weighted by Crippen LogP contribution is -2.33. The summed E-state index contributed by atoms with van der Waals surface area (Å²) in [4.78, 5) is 45.0. The first-order valence-corrected chi connectivity index (χ1v) is 9.89. The third-order valence-electron chi connectivity index (χ3n) is 5.65. The first-order valence-electron chi connectivity index (χ1n) is 9.89. The number of nitrogens with one attached hydrogen (secondary N) is 2. The summed E-state index contributed by atoms with van der Waals surface area (Å²) in [5.74, 6) is 0.877. The van der Waals surface area contributed by atoms with E-state index >= 15 is 0 Å². The highest BCUT2D eigenvalue weighted by molar-refractivity contribution is 5.94. The number of aromatic nitrogens is 4. The Bertz CT molecular complexity index is 880. The van der Waals surface area contributed by atoms with Gasteiger partial charge in [-0.1, -0.05) is 0 Å². The number of hydrogen-bond donors (Lipinski definition) is 2. The zero-order valence-electron chi connectivity index (χ0n) is 16.4. The molecule has 3 amide bonds. The second-order valence-corrected chi connectivity index (χ2v) is 7.55. The monoisotopic (exact) mass is 399 g/mol. The van der Waals surface area contributed by atoms with Crippen LogP contribution in [0.5, 0.6) is 0 Å². The lowest BCUT2D eigenvalue weighted by molar-refractivity contribution is -0.121. The van der Waals surface area contributed by atoms with Crippen LogP contribution in [0.3, 0.4) is 0 Å². The summed E-state index contributed by atoms with van der Waals surface area (Å²) in [5, 5.41) is 9.13. The molecule has 0 saturated carbocycles. The van der Waals surface area contributed by atoms with Crippen LogP contribution in [-0.4, -0.2) is 80.5 Å². The number of nitrogens with zero attached hydrogens (tertiary/aromatic N) is 5. The summed E-state index contributed by atoms with van der Waals surface area (Å²) < 4.78 is 1.97. The summed E-state index contributed by atoms with van der Waals surface area (Å²) in [5.41, 5.74) is 0.982. The molecule has 0 radical (unpaired) electrons. The van der Waals surface area contributed by atoms with Gasteiger partial charge in [-0.05, 0) is 12.3 Å². The highest BCUT2D eigenvalue weighted by atomic mass is 16.2. The maximum atomic E-state index is 12.9. The van der Waals surface area contributed by atoms with Crippen LogP contribution >= 0.6 is 0 Å². The van der Waals surface area contributed by atoms with E-state index in [4.69, 9.17) is 0 Å². The number of H-pyrrole nitrogens is 1. The van der Waals surface area contributed by atoms with Gasteiger partial charge in [0.1, 0.15) is 11.5 Å². The third kappa shape index (κ3) is 4.01. The first kappa shape index (κ1) is 19.2. The second-order valence-electron chi connectivity index (χ2n) is 7.55. The summed E-state index contributed by atoms with van der Waals surface area (Å²) in [6.07, 6.45) is 6.77. The summed E-state index contributed by atoms with van der Waals surface area (Å²) in [6.45, 7) is 2.93. The minimum Gasteiger partial charge on any atom is -0.359 e. The van der Waals surface area contributed by atoms with Crippen molar-refractivity contribution in [3.8, 4) is 0 Å². The summed E-state index contributed by atoms with van der Waals surface area (Å²) in [7, 11) is 1.63. The molecule has 0 aromatic carbocycles. The number of fused-ring (bicyclic) bond motifs is 1. The number of carbonyl (C=O) groups excluding carboxylic acids is 3. The molecule has 1 atom stereocenters. The smallest absolute Gasteiger partial charge is 0.274 e. The molecule has 154 valence electrons. The van der Waals surface area contributed by atoms with E-state index in [0.717, 1.165) is 12.2 Å². The SMILES string of the molecule is CNC(=O)CC1CCN(C(=O)c2cn3c(n2)CCN(C(=O)c2cn[nH]c2)CC3)C1.